The largest absolute Gasteiger partial charge is 0.490 e. The number of hydrogen-bond donors (Lipinski definition) is 3. The first-order valence-electron chi connectivity index (χ1n) is 9.11. The van der Waals surface area contributed by atoms with Gasteiger partial charge < -0.3 is 20.7 Å². The third-order valence-corrected chi connectivity index (χ3v) is 6.13. The van der Waals surface area contributed by atoms with Crippen LogP contribution in [0.3, 0.4) is 0 Å². The average Bonchev–Trinajstić information content (AvgIpc) is 3.34. The van der Waals surface area contributed by atoms with Gasteiger partial charge in [0.2, 0.25) is 5.60 Å². The second kappa shape index (κ2) is 6.13. The van der Waals surface area contributed by atoms with Crippen molar-refractivity contribution in [2.45, 2.75) is 42.6 Å². The predicted molar refractivity (Wildman–Crippen MR) is 95.7 cm³/mol. The number of aromatic nitrogens is 1. The van der Waals surface area contributed by atoms with Crippen molar-refractivity contribution >= 4 is 0 Å². The number of rotatable bonds is 4. The molecule has 2 aliphatic rings. The smallest absolute Gasteiger partial charge is 0.424 e. The average molecular weight is 412 g/mol. The number of fused-ring (bicyclic) bond motifs is 1. The summed E-state index contributed by atoms with van der Waals surface area (Å²) in [6.07, 6.45) is -4.11. The van der Waals surface area contributed by atoms with Gasteiger partial charge in [-0.1, -0.05) is 0 Å². The molecule has 29 heavy (non-hydrogen) atoms. The van der Waals surface area contributed by atoms with E-state index in [0.717, 1.165) is 18.2 Å². The van der Waals surface area contributed by atoms with Gasteiger partial charge in [0.15, 0.2) is 0 Å². The Morgan fingerprint density at radius 3 is 2.34 bits per heavy atom. The summed E-state index contributed by atoms with van der Waals surface area (Å²) in [5.41, 5.74) is -0.193. The highest BCUT2D eigenvalue weighted by molar-refractivity contribution is 5.71. The number of ether oxygens (including phenoxy) is 1. The van der Waals surface area contributed by atoms with Crippen LogP contribution < -0.4 is 10.5 Å². The molecule has 1 aromatic heterocycles. The number of aliphatic hydroxyl groups is 2. The van der Waals surface area contributed by atoms with Gasteiger partial charge in [0.25, 0.3) is 0 Å². The normalized spacial score (nSPS) is 24.6. The predicted octanol–water partition coefficient (Wildman–Crippen LogP) is 2.77. The molecule has 0 bridgehead atoms. The lowest BCUT2D eigenvalue weighted by Gasteiger charge is -2.32. The molecule has 0 amide bonds. The van der Waals surface area contributed by atoms with Crippen molar-refractivity contribution in [2.24, 2.45) is 5.73 Å². The molecule has 2 atom stereocenters. The second-order valence-corrected chi connectivity index (χ2v) is 7.95. The van der Waals surface area contributed by atoms with Crippen molar-refractivity contribution in [3.05, 3.63) is 47.4 Å². The van der Waals surface area contributed by atoms with Crippen LogP contribution in [0.1, 0.15) is 31.0 Å². The topological polar surface area (TPSA) is 88.6 Å². The van der Waals surface area contributed by atoms with Crippen LogP contribution in [0.4, 0.5) is 17.6 Å². The summed E-state index contributed by atoms with van der Waals surface area (Å²) in [6, 6.07) is 6.14. The number of alkyl halides is 3. The Morgan fingerprint density at radius 2 is 1.83 bits per heavy atom. The molecule has 0 spiro atoms. The molecule has 4 rings (SSSR count). The minimum atomic E-state index is -5.07. The van der Waals surface area contributed by atoms with Crippen LogP contribution in [-0.4, -0.2) is 40.1 Å². The molecule has 1 fully saturated rings. The zero-order valence-corrected chi connectivity index (χ0v) is 15.6. The summed E-state index contributed by atoms with van der Waals surface area (Å²) >= 11 is 0. The Morgan fingerprint density at radius 1 is 1.21 bits per heavy atom. The van der Waals surface area contributed by atoms with E-state index in [4.69, 9.17) is 10.5 Å². The number of nitrogens with two attached hydrogens (primary N) is 1. The first kappa shape index (κ1) is 20.1. The molecule has 4 N–H and O–H groups in total. The van der Waals surface area contributed by atoms with Gasteiger partial charge in [0, 0.05) is 17.7 Å². The quantitative estimate of drug-likeness (QED) is 0.672. The van der Waals surface area contributed by atoms with Gasteiger partial charge in [0.1, 0.15) is 23.9 Å². The molecule has 1 unspecified atom stereocenters. The molecule has 2 aromatic rings. The Bertz CT molecular complexity index is 959. The van der Waals surface area contributed by atoms with Crippen LogP contribution in [0.5, 0.6) is 5.75 Å². The van der Waals surface area contributed by atoms with Crippen molar-refractivity contribution < 1.29 is 32.5 Å². The van der Waals surface area contributed by atoms with Crippen molar-refractivity contribution in [3.8, 4) is 17.0 Å². The Kier molecular flexibility index (Phi) is 4.24. The highest BCUT2D eigenvalue weighted by Gasteiger charge is 2.62. The fourth-order valence-corrected chi connectivity index (χ4v) is 3.82. The van der Waals surface area contributed by atoms with E-state index in [1.165, 1.54) is 12.1 Å². The fourth-order valence-electron chi connectivity index (χ4n) is 3.82. The molecule has 1 aromatic carbocycles. The Hall–Kier alpha value is -2.23. The van der Waals surface area contributed by atoms with Gasteiger partial charge in [0.05, 0.1) is 16.7 Å². The maximum atomic E-state index is 13.7. The van der Waals surface area contributed by atoms with Gasteiger partial charge in [-0.2, -0.15) is 13.2 Å². The highest BCUT2D eigenvalue weighted by atomic mass is 19.4. The number of pyridine rings is 1. The van der Waals surface area contributed by atoms with Crippen LogP contribution >= 0.6 is 0 Å². The second-order valence-electron chi connectivity index (χ2n) is 7.95. The van der Waals surface area contributed by atoms with Crippen LogP contribution in [0.15, 0.2) is 30.3 Å². The zero-order chi connectivity index (χ0) is 21.2. The van der Waals surface area contributed by atoms with E-state index in [9.17, 15) is 27.8 Å². The number of nitrogens with zero attached hydrogens (tertiary/aromatic N) is 1. The maximum Gasteiger partial charge on any atom is 0.424 e. The molecule has 0 radical (unpaired) electrons. The maximum absolute atomic E-state index is 13.7. The number of hydrogen-bond acceptors (Lipinski definition) is 5. The summed E-state index contributed by atoms with van der Waals surface area (Å²) in [5.74, 6) is -0.307. The summed E-state index contributed by atoms with van der Waals surface area (Å²) in [6.45, 7) is 0.622. The number of halogens is 4. The summed E-state index contributed by atoms with van der Waals surface area (Å²) < 4.78 is 60.1. The standard InChI is InChI=1S/C20H20F4N2O3/c1-17(18(27)6-7-18)10-29-16-13(17)8-14(19(28,9-25)20(22,23)24)26-15(16)11-2-4-12(21)5-3-11/h2-5,8,27-28H,6-7,9-10,25H2,1H3/t17-,19?/m0/s1. The van der Waals surface area contributed by atoms with Crippen LogP contribution in [0.25, 0.3) is 11.3 Å². The van der Waals surface area contributed by atoms with Crippen LogP contribution in [-0.2, 0) is 11.0 Å². The van der Waals surface area contributed by atoms with Crippen LogP contribution in [0, 0.1) is 5.82 Å². The molecule has 1 aliphatic carbocycles. The van der Waals surface area contributed by atoms with Crippen molar-refractivity contribution in [2.75, 3.05) is 13.2 Å². The van der Waals surface area contributed by atoms with Crippen molar-refractivity contribution in [3.63, 3.8) is 0 Å². The summed E-state index contributed by atoms with van der Waals surface area (Å²) in [5, 5.41) is 21.2. The first-order valence-corrected chi connectivity index (χ1v) is 9.11. The van der Waals surface area contributed by atoms with Gasteiger partial charge in [-0.15, -0.1) is 0 Å². The van der Waals surface area contributed by atoms with Gasteiger partial charge in [-0.25, -0.2) is 9.37 Å². The molecule has 9 heteroatoms. The van der Waals surface area contributed by atoms with Crippen molar-refractivity contribution in [1.82, 2.24) is 4.98 Å². The fraction of sp³-hybridized carbons (Fsp3) is 0.450. The molecule has 0 saturated heterocycles. The minimum Gasteiger partial charge on any atom is -0.490 e. The molecular weight excluding hydrogens is 392 g/mol. The Balaban J connectivity index is 1.99. The third-order valence-electron chi connectivity index (χ3n) is 6.13. The first-order chi connectivity index (χ1) is 13.5. The third kappa shape index (κ3) is 2.83. The van der Waals surface area contributed by atoms with E-state index in [1.54, 1.807) is 6.92 Å². The van der Waals surface area contributed by atoms with E-state index in [1.807, 2.05) is 0 Å². The van der Waals surface area contributed by atoms with Gasteiger partial charge in [-0.05, 0) is 50.1 Å². The van der Waals surface area contributed by atoms with Gasteiger partial charge in [-0.3, -0.25) is 0 Å². The zero-order valence-electron chi connectivity index (χ0n) is 15.6. The monoisotopic (exact) mass is 412 g/mol. The van der Waals surface area contributed by atoms with E-state index < -0.39 is 40.8 Å². The summed E-state index contributed by atoms with van der Waals surface area (Å²) in [7, 11) is 0. The van der Waals surface area contributed by atoms with Crippen LogP contribution in [0.2, 0.25) is 0 Å². The minimum absolute atomic E-state index is 0.0293. The lowest BCUT2D eigenvalue weighted by atomic mass is 9.76. The van der Waals surface area contributed by atoms with Crippen molar-refractivity contribution in [1.29, 1.82) is 0 Å². The lowest BCUT2D eigenvalue weighted by molar-refractivity contribution is -0.263. The molecule has 5 nitrogen and oxygen atoms in total. The number of benzene rings is 1. The van der Waals surface area contributed by atoms with E-state index in [2.05, 4.69) is 4.98 Å². The van der Waals surface area contributed by atoms with E-state index in [-0.39, 0.29) is 18.1 Å². The molecule has 156 valence electrons. The molecule has 1 aliphatic heterocycles. The molecule has 2 heterocycles. The van der Waals surface area contributed by atoms with Gasteiger partial charge >= 0.3 is 6.18 Å². The molecular formula is C20H20F4N2O3. The SMILES string of the molecule is C[C@]1(C2(O)CC2)COc2c1cc(C(O)(CN)C(F)(F)F)nc2-c1ccc(F)cc1. The molecule has 1 saturated carbocycles. The Labute approximate surface area is 164 Å². The summed E-state index contributed by atoms with van der Waals surface area (Å²) in [4.78, 5) is 4.04. The van der Waals surface area contributed by atoms with E-state index >= 15 is 0 Å². The highest BCUT2D eigenvalue weighted by Crippen LogP contribution is 2.58. The van der Waals surface area contributed by atoms with E-state index in [0.29, 0.717) is 24.0 Å². The lowest BCUT2D eigenvalue weighted by Crippen LogP contribution is -2.49.